The van der Waals surface area contributed by atoms with Crippen LogP contribution in [0.5, 0.6) is 11.5 Å². The second-order valence-electron chi connectivity index (χ2n) is 5.20. The Morgan fingerprint density at radius 2 is 2.00 bits per heavy atom. The molecule has 2 aliphatic carbocycles. The predicted molar refractivity (Wildman–Crippen MR) is 71.6 cm³/mol. The zero-order valence-electron chi connectivity index (χ0n) is 11.1. The Bertz CT molecular complexity index is 613. The minimum absolute atomic E-state index is 0.0182. The van der Waals surface area contributed by atoms with E-state index < -0.39 is 0 Å². The average Bonchev–Trinajstić information content (AvgIpc) is 2.86. The van der Waals surface area contributed by atoms with E-state index in [0.29, 0.717) is 5.92 Å². The maximum Gasteiger partial charge on any atom is 0.166 e. The summed E-state index contributed by atoms with van der Waals surface area (Å²) in [5.74, 6) is 2.95. The van der Waals surface area contributed by atoms with Crippen LogP contribution >= 0.6 is 0 Å². The van der Waals surface area contributed by atoms with E-state index in [1.165, 1.54) is 16.7 Å². The molecule has 2 unspecified atom stereocenters. The molecule has 4 rings (SSSR count). The molecule has 0 bridgehead atoms. The number of hydrogen-bond donors (Lipinski definition) is 0. The number of allylic oxidation sites excluding steroid dienone is 2. The number of hydrogen-bond acceptors (Lipinski definition) is 3. The summed E-state index contributed by atoms with van der Waals surface area (Å²) >= 11 is 0. The molecule has 0 spiro atoms. The number of benzene rings is 1. The van der Waals surface area contributed by atoms with Gasteiger partial charge < -0.3 is 14.2 Å². The Hall–Kier alpha value is -1.90. The lowest BCUT2D eigenvalue weighted by Gasteiger charge is -2.30. The Morgan fingerprint density at radius 3 is 2.79 bits per heavy atom. The highest BCUT2D eigenvalue weighted by Crippen LogP contribution is 2.55. The highest BCUT2D eigenvalue weighted by molar-refractivity contribution is 5.62. The molecule has 0 aromatic heterocycles. The minimum atomic E-state index is -0.0182. The lowest BCUT2D eigenvalue weighted by atomic mass is 9.75. The van der Waals surface area contributed by atoms with Crippen molar-refractivity contribution in [1.29, 1.82) is 0 Å². The third-order valence-electron chi connectivity index (χ3n) is 4.39. The molecule has 3 nitrogen and oxygen atoms in total. The van der Waals surface area contributed by atoms with Crippen LogP contribution in [-0.2, 0) is 11.2 Å². The van der Waals surface area contributed by atoms with E-state index in [1.807, 2.05) is 12.1 Å². The molecule has 1 aliphatic heterocycles. The molecule has 0 fully saturated rings. The summed E-state index contributed by atoms with van der Waals surface area (Å²) in [5.41, 5.74) is 4.15. The number of rotatable bonds is 2. The first-order valence-electron chi connectivity index (χ1n) is 6.64. The van der Waals surface area contributed by atoms with Gasteiger partial charge in [0.2, 0.25) is 0 Å². The van der Waals surface area contributed by atoms with Crippen LogP contribution in [0.2, 0.25) is 0 Å². The number of ether oxygens (including phenoxy) is 3. The SMILES string of the molecule is COC1=CC=C2CCc3ccc(OC)c4c3C2C1O4. The van der Waals surface area contributed by atoms with Crippen molar-refractivity contribution >= 4 is 0 Å². The lowest BCUT2D eigenvalue weighted by Crippen LogP contribution is -2.28. The van der Waals surface area contributed by atoms with Gasteiger partial charge >= 0.3 is 0 Å². The highest BCUT2D eigenvalue weighted by Gasteiger charge is 2.45. The van der Waals surface area contributed by atoms with Crippen molar-refractivity contribution in [3.63, 3.8) is 0 Å². The fourth-order valence-electron chi connectivity index (χ4n) is 3.50. The van der Waals surface area contributed by atoms with Gasteiger partial charge in [0, 0.05) is 5.56 Å². The third kappa shape index (κ3) is 1.33. The molecular formula is C16H16O3. The first-order chi connectivity index (χ1) is 9.33. The zero-order chi connectivity index (χ0) is 13.0. The van der Waals surface area contributed by atoms with Crippen molar-refractivity contribution < 1.29 is 14.2 Å². The molecule has 0 saturated heterocycles. The van der Waals surface area contributed by atoms with Gasteiger partial charge in [0.05, 0.1) is 20.1 Å². The van der Waals surface area contributed by atoms with Gasteiger partial charge in [0.15, 0.2) is 17.6 Å². The molecule has 0 radical (unpaired) electrons. The summed E-state index contributed by atoms with van der Waals surface area (Å²) < 4.78 is 17.1. The van der Waals surface area contributed by atoms with Gasteiger partial charge in [0.25, 0.3) is 0 Å². The zero-order valence-corrected chi connectivity index (χ0v) is 11.1. The van der Waals surface area contributed by atoms with E-state index in [1.54, 1.807) is 14.2 Å². The van der Waals surface area contributed by atoms with Gasteiger partial charge in [-0.3, -0.25) is 0 Å². The van der Waals surface area contributed by atoms with E-state index in [4.69, 9.17) is 14.2 Å². The normalized spacial score (nSPS) is 26.0. The number of aryl methyl sites for hydroxylation is 1. The summed E-state index contributed by atoms with van der Waals surface area (Å²) in [7, 11) is 3.40. The van der Waals surface area contributed by atoms with Gasteiger partial charge in [-0.2, -0.15) is 0 Å². The van der Waals surface area contributed by atoms with Crippen molar-refractivity contribution in [2.24, 2.45) is 0 Å². The summed E-state index contributed by atoms with van der Waals surface area (Å²) in [6.45, 7) is 0. The van der Waals surface area contributed by atoms with E-state index in [2.05, 4.69) is 12.1 Å². The number of methoxy groups -OCH3 is 2. The van der Waals surface area contributed by atoms with E-state index in [9.17, 15) is 0 Å². The quantitative estimate of drug-likeness (QED) is 0.814. The molecule has 3 aliphatic rings. The Labute approximate surface area is 112 Å². The molecule has 0 saturated carbocycles. The lowest BCUT2D eigenvalue weighted by molar-refractivity contribution is 0.148. The van der Waals surface area contributed by atoms with Crippen LogP contribution in [0.1, 0.15) is 23.5 Å². The van der Waals surface area contributed by atoms with Gasteiger partial charge in [0.1, 0.15) is 5.76 Å². The predicted octanol–water partition coefficient (Wildman–Crippen LogP) is 2.96. The van der Waals surface area contributed by atoms with E-state index >= 15 is 0 Å². The summed E-state index contributed by atoms with van der Waals surface area (Å²) in [6.07, 6.45) is 6.41. The van der Waals surface area contributed by atoms with Crippen molar-refractivity contribution in [3.05, 3.63) is 46.7 Å². The maximum absolute atomic E-state index is 6.17. The largest absolute Gasteiger partial charge is 0.497 e. The van der Waals surface area contributed by atoms with Gasteiger partial charge in [-0.25, -0.2) is 0 Å². The summed E-state index contributed by atoms with van der Waals surface area (Å²) in [6, 6.07) is 4.18. The molecule has 98 valence electrons. The second-order valence-corrected chi connectivity index (χ2v) is 5.20. The van der Waals surface area contributed by atoms with Gasteiger partial charge in [-0.15, -0.1) is 0 Å². The first-order valence-corrected chi connectivity index (χ1v) is 6.64. The standard InChI is InChI=1S/C16H16O3/c1-17-11-7-5-9-3-4-10-6-8-12(18-2)16-14(10)13(9)15(11)19-16/h5-8,13,15H,3-4H2,1-2H3. The second kappa shape index (κ2) is 3.80. The van der Waals surface area contributed by atoms with Crippen LogP contribution < -0.4 is 9.47 Å². The van der Waals surface area contributed by atoms with Crippen LogP contribution in [0.4, 0.5) is 0 Å². The Balaban J connectivity index is 1.94. The molecule has 1 heterocycles. The molecule has 0 N–H and O–H groups in total. The van der Waals surface area contributed by atoms with Gasteiger partial charge in [-0.1, -0.05) is 17.7 Å². The first kappa shape index (κ1) is 11.0. The van der Waals surface area contributed by atoms with Crippen molar-refractivity contribution in [1.82, 2.24) is 0 Å². The van der Waals surface area contributed by atoms with E-state index in [-0.39, 0.29) is 6.10 Å². The minimum Gasteiger partial charge on any atom is -0.497 e. The van der Waals surface area contributed by atoms with Crippen LogP contribution in [0.15, 0.2) is 35.6 Å². The van der Waals surface area contributed by atoms with Crippen molar-refractivity contribution in [2.45, 2.75) is 24.9 Å². The highest BCUT2D eigenvalue weighted by atomic mass is 16.6. The van der Waals surface area contributed by atoms with Crippen molar-refractivity contribution in [2.75, 3.05) is 14.2 Å². The molecule has 1 aromatic rings. The third-order valence-corrected chi connectivity index (χ3v) is 4.39. The summed E-state index contributed by atoms with van der Waals surface area (Å²) in [5, 5.41) is 0. The van der Waals surface area contributed by atoms with Gasteiger partial charge in [-0.05, 0) is 30.5 Å². The van der Waals surface area contributed by atoms with Crippen LogP contribution in [0.3, 0.4) is 0 Å². The molecule has 19 heavy (non-hydrogen) atoms. The fraction of sp³-hybridized carbons (Fsp3) is 0.375. The Kier molecular flexibility index (Phi) is 2.19. The maximum atomic E-state index is 6.17. The summed E-state index contributed by atoms with van der Waals surface area (Å²) in [4.78, 5) is 0. The molecular weight excluding hydrogens is 240 g/mol. The molecule has 3 heteroatoms. The molecule has 0 amide bonds. The monoisotopic (exact) mass is 256 g/mol. The Morgan fingerprint density at radius 1 is 1.11 bits per heavy atom. The average molecular weight is 256 g/mol. The van der Waals surface area contributed by atoms with Crippen molar-refractivity contribution in [3.8, 4) is 11.5 Å². The van der Waals surface area contributed by atoms with Crippen LogP contribution in [-0.4, -0.2) is 20.3 Å². The van der Waals surface area contributed by atoms with Crippen LogP contribution in [0, 0.1) is 0 Å². The molecule has 2 atom stereocenters. The topological polar surface area (TPSA) is 27.7 Å². The van der Waals surface area contributed by atoms with E-state index in [0.717, 1.165) is 30.1 Å². The van der Waals surface area contributed by atoms with Crippen LogP contribution in [0.25, 0.3) is 0 Å². The molecule has 1 aromatic carbocycles. The fourth-order valence-corrected chi connectivity index (χ4v) is 3.50. The smallest absolute Gasteiger partial charge is 0.166 e.